The first kappa shape index (κ1) is 25.3. The predicted molar refractivity (Wildman–Crippen MR) is 138 cm³/mol. The molecule has 1 N–H and O–H groups in total. The Bertz CT molecular complexity index is 1030. The van der Waals surface area contributed by atoms with Gasteiger partial charge in [-0.05, 0) is 67.8 Å². The van der Waals surface area contributed by atoms with Gasteiger partial charge < -0.3 is 24.4 Å². The van der Waals surface area contributed by atoms with Crippen LogP contribution in [0, 0.1) is 29.7 Å². The molecule has 3 aliphatic carbocycles. The van der Waals surface area contributed by atoms with Crippen LogP contribution < -0.4 is 5.32 Å². The summed E-state index contributed by atoms with van der Waals surface area (Å²) < 4.78 is 13.3. The third-order valence-corrected chi connectivity index (χ3v) is 9.50. The lowest BCUT2D eigenvalue weighted by Gasteiger charge is -2.64. The van der Waals surface area contributed by atoms with Crippen molar-refractivity contribution in [2.45, 2.75) is 76.9 Å². The van der Waals surface area contributed by atoms with Gasteiger partial charge in [-0.25, -0.2) is 6.57 Å². The molecule has 6 atom stereocenters. The molecule has 8 heteroatoms. The van der Waals surface area contributed by atoms with Gasteiger partial charge in [0, 0.05) is 19.5 Å². The van der Waals surface area contributed by atoms with E-state index in [1.807, 2.05) is 18.2 Å². The smallest absolute Gasteiger partial charge is 0.404 e. The van der Waals surface area contributed by atoms with Crippen LogP contribution in [0.15, 0.2) is 30.3 Å². The van der Waals surface area contributed by atoms with Gasteiger partial charge in [0.25, 0.3) is 6.54 Å². The molecule has 0 radical (unpaired) electrons. The Labute approximate surface area is 215 Å². The number of amides is 2. The Kier molecular flexibility index (Phi) is 6.91. The average molecular weight is 491 g/mol. The van der Waals surface area contributed by atoms with Crippen LogP contribution in [0.2, 0.25) is 0 Å². The van der Waals surface area contributed by atoms with Crippen molar-refractivity contribution in [3.8, 4) is 0 Å². The molecule has 0 spiro atoms. The average Bonchev–Trinajstić information content (AvgIpc) is 3.21. The van der Waals surface area contributed by atoms with E-state index >= 15 is 0 Å². The minimum atomic E-state index is -0.484. The number of piperidine rings is 1. The molecule has 0 aromatic heterocycles. The fraction of sp³-hybridized carbons (Fsp3) is 0.679. The minimum Gasteiger partial charge on any atom is -0.404 e. The Morgan fingerprint density at radius 2 is 2.03 bits per heavy atom. The minimum absolute atomic E-state index is 0.0303. The first-order chi connectivity index (χ1) is 17.2. The summed E-state index contributed by atoms with van der Waals surface area (Å²) in [6, 6.07) is 10.2. The highest BCUT2D eigenvalue weighted by Crippen LogP contribution is 2.65. The van der Waals surface area contributed by atoms with Crippen molar-refractivity contribution in [3.63, 3.8) is 0 Å². The number of nitrogens with one attached hydrogen (secondary N) is 1. The fourth-order valence-electron chi connectivity index (χ4n) is 7.31. The number of carbonyl (C=O) groups is 2. The van der Waals surface area contributed by atoms with E-state index < -0.39 is 7.12 Å². The third kappa shape index (κ3) is 4.68. The zero-order chi connectivity index (χ0) is 25.5. The van der Waals surface area contributed by atoms with Gasteiger partial charge in [0.15, 0.2) is 0 Å². The van der Waals surface area contributed by atoms with E-state index in [-0.39, 0.29) is 47.3 Å². The number of nitrogens with zero attached hydrogens (tertiary/aromatic N) is 2. The summed E-state index contributed by atoms with van der Waals surface area (Å²) in [6.45, 7) is 15.0. The van der Waals surface area contributed by atoms with Crippen LogP contribution in [-0.4, -0.2) is 61.1 Å². The highest BCUT2D eigenvalue weighted by Gasteiger charge is 2.68. The maximum atomic E-state index is 13.3. The third-order valence-electron chi connectivity index (χ3n) is 9.50. The van der Waals surface area contributed by atoms with E-state index in [1.165, 1.54) is 6.42 Å². The molecule has 1 aromatic carbocycles. The zero-order valence-electron chi connectivity index (χ0n) is 21.7. The monoisotopic (exact) mass is 491 g/mol. The Balaban J connectivity index is 1.26. The second kappa shape index (κ2) is 9.83. The zero-order valence-corrected chi connectivity index (χ0v) is 21.7. The molecule has 2 aliphatic heterocycles. The van der Waals surface area contributed by atoms with E-state index in [2.05, 4.69) is 43.1 Å². The molecule has 3 saturated carbocycles. The number of benzene rings is 1. The van der Waals surface area contributed by atoms with Gasteiger partial charge in [0.1, 0.15) is 0 Å². The maximum absolute atomic E-state index is 13.3. The summed E-state index contributed by atoms with van der Waals surface area (Å²) >= 11 is 0. The molecule has 7 nitrogen and oxygen atoms in total. The van der Waals surface area contributed by atoms with E-state index in [4.69, 9.17) is 15.9 Å². The van der Waals surface area contributed by atoms with Crippen LogP contribution in [0.25, 0.3) is 4.85 Å². The molecular weight excluding hydrogens is 453 g/mol. The summed E-state index contributed by atoms with van der Waals surface area (Å²) in [7, 11) is -0.484. The summed E-state index contributed by atoms with van der Waals surface area (Å²) in [5, 5.41) is 3.26. The van der Waals surface area contributed by atoms with Crippen LogP contribution >= 0.6 is 0 Å². The van der Waals surface area contributed by atoms with E-state index in [1.54, 1.807) is 4.90 Å². The first-order valence-electron chi connectivity index (χ1n) is 13.5. The van der Waals surface area contributed by atoms with Crippen LogP contribution in [0.3, 0.4) is 0 Å². The number of rotatable bonds is 7. The molecule has 2 bridgehead atoms. The van der Waals surface area contributed by atoms with Gasteiger partial charge in [0.2, 0.25) is 5.91 Å². The van der Waals surface area contributed by atoms with Crippen molar-refractivity contribution in [2.75, 3.05) is 19.6 Å². The Morgan fingerprint density at radius 3 is 2.75 bits per heavy atom. The van der Waals surface area contributed by atoms with Crippen molar-refractivity contribution in [1.29, 1.82) is 0 Å². The van der Waals surface area contributed by atoms with Gasteiger partial charge in [-0.1, -0.05) is 44.2 Å². The molecule has 2 saturated heterocycles. The highest BCUT2D eigenvalue weighted by atomic mass is 16.7. The lowest BCUT2D eigenvalue weighted by Crippen LogP contribution is -2.65. The molecule has 36 heavy (non-hydrogen) atoms. The largest absolute Gasteiger partial charge is 0.482 e. The van der Waals surface area contributed by atoms with Gasteiger partial charge in [-0.15, -0.1) is 0 Å². The molecule has 2 amide bonds. The SMILES string of the molecule is [C-]#[N+]CC(=O)N1CCC[C@@H](CC(=O)N[C@@H](Cc2ccccc2)B2O[C@@H]3C[C@@H]4C[C@@H](C4(C)C)[C@]3(C)O2)C1. The molecule has 5 fully saturated rings. The second-order valence-electron chi connectivity index (χ2n) is 12.1. The number of hydrogen-bond donors (Lipinski definition) is 1. The van der Waals surface area contributed by atoms with E-state index in [0.29, 0.717) is 37.8 Å². The molecule has 192 valence electrons. The molecular formula is C28H38BN3O4. The van der Waals surface area contributed by atoms with Crippen LogP contribution in [0.1, 0.15) is 58.4 Å². The van der Waals surface area contributed by atoms with Crippen LogP contribution in [-0.2, 0) is 25.3 Å². The van der Waals surface area contributed by atoms with Crippen molar-refractivity contribution in [2.24, 2.45) is 23.2 Å². The second-order valence-corrected chi connectivity index (χ2v) is 12.1. The lowest BCUT2D eigenvalue weighted by atomic mass is 9.43. The number of hydrogen-bond acceptors (Lipinski definition) is 4. The summed E-state index contributed by atoms with van der Waals surface area (Å²) in [5.41, 5.74) is 1.07. The lowest BCUT2D eigenvalue weighted by molar-refractivity contribution is -0.199. The van der Waals surface area contributed by atoms with E-state index in [9.17, 15) is 9.59 Å². The number of carbonyl (C=O) groups excluding carboxylic acids is 2. The maximum Gasteiger partial charge on any atom is 0.482 e. The normalized spacial score (nSPS) is 33.2. The molecule has 6 rings (SSSR count). The van der Waals surface area contributed by atoms with Crippen LogP contribution in [0.4, 0.5) is 0 Å². The van der Waals surface area contributed by atoms with Crippen molar-refractivity contribution < 1.29 is 18.9 Å². The number of likely N-dealkylation sites (tertiary alicyclic amines) is 1. The predicted octanol–water partition coefficient (Wildman–Crippen LogP) is 3.53. The highest BCUT2D eigenvalue weighted by molar-refractivity contribution is 6.48. The van der Waals surface area contributed by atoms with E-state index in [0.717, 1.165) is 24.8 Å². The quantitative estimate of drug-likeness (QED) is 0.468. The Hall–Kier alpha value is -2.37. The van der Waals surface area contributed by atoms with Crippen molar-refractivity contribution in [1.82, 2.24) is 10.2 Å². The van der Waals surface area contributed by atoms with Gasteiger partial charge >= 0.3 is 13.0 Å². The first-order valence-corrected chi connectivity index (χ1v) is 13.5. The van der Waals surface area contributed by atoms with Gasteiger partial charge in [-0.2, -0.15) is 0 Å². The fourth-order valence-corrected chi connectivity index (χ4v) is 7.31. The topological polar surface area (TPSA) is 72.2 Å². The standard InChI is InChI=1S/C28H38BN3O4/c1-27(2)21-15-22(27)28(3)23(16-21)35-29(36-28)24(13-19-9-6-5-7-10-19)31-25(33)14-20-11-8-12-32(18-20)26(34)17-30-4/h5-7,9-10,20-24H,8,11-18H2,1-3H3,(H,31,33)/t20-,21-,22-,23+,24-,28-/m0/s1. The molecule has 0 unspecified atom stereocenters. The molecule has 2 heterocycles. The molecule has 1 aromatic rings. The summed E-state index contributed by atoms with van der Waals surface area (Å²) in [6.07, 6.45) is 5.04. The van der Waals surface area contributed by atoms with Gasteiger partial charge in [0.05, 0.1) is 17.6 Å². The van der Waals surface area contributed by atoms with Crippen LogP contribution in [0.5, 0.6) is 0 Å². The summed E-state index contributed by atoms with van der Waals surface area (Å²) in [5.74, 6) is 0.785. The van der Waals surface area contributed by atoms with Gasteiger partial charge in [-0.3, -0.25) is 9.59 Å². The van der Waals surface area contributed by atoms with Crippen molar-refractivity contribution in [3.05, 3.63) is 47.3 Å². The molecule has 5 aliphatic rings. The Morgan fingerprint density at radius 1 is 1.25 bits per heavy atom. The summed E-state index contributed by atoms with van der Waals surface area (Å²) in [4.78, 5) is 30.4. The van der Waals surface area contributed by atoms with Crippen molar-refractivity contribution >= 4 is 18.9 Å².